The first kappa shape index (κ1) is 23.7. The van der Waals surface area contributed by atoms with E-state index >= 15 is 0 Å². The maximum absolute atomic E-state index is 13.2. The second-order valence-corrected chi connectivity index (χ2v) is 8.35. The van der Waals surface area contributed by atoms with E-state index in [9.17, 15) is 22.8 Å². The van der Waals surface area contributed by atoms with Crippen molar-refractivity contribution in [2.75, 3.05) is 37.1 Å². The summed E-state index contributed by atoms with van der Waals surface area (Å²) in [5.41, 5.74) is 0.414. The Morgan fingerprint density at radius 3 is 2.82 bits per heavy atom. The van der Waals surface area contributed by atoms with Crippen LogP contribution in [0.25, 0.3) is 11.3 Å². The third kappa shape index (κ3) is 5.20. The Balaban J connectivity index is 1.56. The zero-order valence-electron chi connectivity index (χ0n) is 18.0. The molecule has 34 heavy (non-hydrogen) atoms. The van der Waals surface area contributed by atoms with Gasteiger partial charge >= 0.3 is 6.18 Å². The normalized spacial score (nSPS) is 13.4. The predicted molar refractivity (Wildman–Crippen MR) is 121 cm³/mol. The smallest absolute Gasteiger partial charge is 0.418 e. The Labute approximate surface area is 197 Å². The summed E-state index contributed by atoms with van der Waals surface area (Å²) in [5, 5.41) is 5.04. The number of hydrogen-bond donors (Lipinski definition) is 1. The number of para-hydroxylation sites is 1. The fourth-order valence-corrected chi connectivity index (χ4v) is 4.24. The number of rotatable bonds is 7. The van der Waals surface area contributed by atoms with E-state index in [4.69, 9.17) is 9.47 Å². The number of fused-ring (bicyclic) bond motifs is 1. The number of ether oxygens (including phenoxy) is 2. The fraction of sp³-hybridized carbons (Fsp3) is 0.261. The molecule has 0 saturated heterocycles. The van der Waals surface area contributed by atoms with Crippen molar-refractivity contribution >= 4 is 34.5 Å². The number of alkyl halides is 3. The van der Waals surface area contributed by atoms with Gasteiger partial charge in [0.05, 0.1) is 34.2 Å². The second-order valence-electron chi connectivity index (χ2n) is 7.41. The maximum Gasteiger partial charge on any atom is 0.418 e. The highest BCUT2D eigenvalue weighted by Crippen LogP contribution is 2.37. The fourth-order valence-electron chi connectivity index (χ4n) is 3.46. The van der Waals surface area contributed by atoms with Crippen LogP contribution in [-0.2, 0) is 26.9 Å². The lowest BCUT2D eigenvalue weighted by Crippen LogP contribution is -2.43. The monoisotopic (exact) mass is 491 g/mol. The zero-order chi connectivity index (χ0) is 24.3. The molecule has 0 unspecified atom stereocenters. The zero-order valence-corrected chi connectivity index (χ0v) is 18.8. The highest BCUT2D eigenvalue weighted by Gasteiger charge is 2.34. The van der Waals surface area contributed by atoms with Crippen molar-refractivity contribution in [3.8, 4) is 17.0 Å². The molecule has 2 aromatic carbocycles. The average Bonchev–Trinajstić information content (AvgIpc) is 3.28. The average molecular weight is 491 g/mol. The minimum Gasteiger partial charge on any atom is -0.482 e. The second kappa shape index (κ2) is 9.82. The van der Waals surface area contributed by atoms with Crippen LogP contribution in [0.2, 0.25) is 0 Å². The number of carbonyl (C=O) groups excluding carboxylic acids is 2. The third-order valence-electron chi connectivity index (χ3n) is 5.08. The SMILES string of the molecule is COCCc1nc(-c2ccc3c(c2)N(CC(=O)Nc2ccccc2C(F)(F)F)C(=O)CO3)cs1. The molecule has 0 radical (unpaired) electrons. The van der Waals surface area contributed by atoms with Gasteiger partial charge in [-0.2, -0.15) is 13.2 Å². The Bertz CT molecular complexity index is 1210. The lowest BCUT2D eigenvalue weighted by Gasteiger charge is -2.29. The summed E-state index contributed by atoms with van der Waals surface area (Å²) in [6, 6.07) is 9.82. The number of amides is 2. The predicted octanol–water partition coefficient (Wildman–Crippen LogP) is 4.38. The number of halogens is 3. The van der Waals surface area contributed by atoms with Crippen LogP contribution in [0.1, 0.15) is 10.6 Å². The molecule has 2 heterocycles. The van der Waals surface area contributed by atoms with Gasteiger partial charge in [-0.15, -0.1) is 11.3 Å². The molecule has 0 saturated carbocycles. The summed E-state index contributed by atoms with van der Waals surface area (Å²) in [6.45, 7) is -0.211. The Morgan fingerprint density at radius 1 is 1.26 bits per heavy atom. The van der Waals surface area contributed by atoms with Crippen molar-refractivity contribution in [1.82, 2.24) is 4.98 Å². The Kier molecular flexibility index (Phi) is 6.85. The highest BCUT2D eigenvalue weighted by atomic mass is 32.1. The van der Waals surface area contributed by atoms with Crippen LogP contribution in [0, 0.1) is 0 Å². The van der Waals surface area contributed by atoms with E-state index in [1.807, 2.05) is 5.38 Å². The van der Waals surface area contributed by atoms with E-state index in [0.29, 0.717) is 35.7 Å². The summed E-state index contributed by atoms with van der Waals surface area (Å²) in [4.78, 5) is 31.0. The van der Waals surface area contributed by atoms with E-state index in [-0.39, 0.29) is 12.3 Å². The third-order valence-corrected chi connectivity index (χ3v) is 5.99. The van der Waals surface area contributed by atoms with Crippen molar-refractivity contribution in [1.29, 1.82) is 0 Å². The molecule has 1 aliphatic rings. The first-order valence-corrected chi connectivity index (χ1v) is 11.1. The number of aromatic nitrogens is 1. The van der Waals surface area contributed by atoms with Crippen LogP contribution >= 0.6 is 11.3 Å². The van der Waals surface area contributed by atoms with Gasteiger partial charge in [0.1, 0.15) is 12.3 Å². The molecule has 1 N–H and O–H groups in total. The van der Waals surface area contributed by atoms with Crippen LogP contribution in [0.4, 0.5) is 24.5 Å². The Morgan fingerprint density at radius 2 is 2.06 bits per heavy atom. The molecule has 3 aromatic rings. The van der Waals surface area contributed by atoms with Crippen molar-refractivity contribution in [2.45, 2.75) is 12.6 Å². The number of nitrogens with one attached hydrogen (secondary N) is 1. The minimum atomic E-state index is -4.63. The molecule has 11 heteroatoms. The van der Waals surface area contributed by atoms with E-state index < -0.39 is 30.1 Å². The summed E-state index contributed by atoms with van der Waals surface area (Å²) < 4.78 is 50.3. The number of benzene rings is 2. The molecule has 178 valence electrons. The molecular weight excluding hydrogens is 471 g/mol. The number of methoxy groups -OCH3 is 1. The topological polar surface area (TPSA) is 80.8 Å². The van der Waals surface area contributed by atoms with Crippen molar-refractivity contribution in [3.63, 3.8) is 0 Å². The lowest BCUT2D eigenvalue weighted by molar-refractivity contribution is -0.137. The van der Waals surface area contributed by atoms with E-state index in [2.05, 4.69) is 10.3 Å². The van der Waals surface area contributed by atoms with Gasteiger partial charge in [0.15, 0.2) is 6.61 Å². The molecule has 0 fully saturated rings. The molecule has 0 atom stereocenters. The Hall–Kier alpha value is -3.44. The maximum atomic E-state index is 13.2. The first-order valence-electron chi connectivity index (χ1n) is 10.2. The highest BCUT2D eigenvalue weighted by molar-refractivity contribution is 7.09. The molecule has 1 aromatic heterocycles. The van der Waals surface area contributed by atoms with Gasteiger partial charge in [-0.1, -0.05) is 12.1 Å². The van der Waals surface area contributed by atoms with Gasteiger partial charge in [0.2, 0.25) is 5.91 Å². The summed E-state index contributed by atoms with van der Waals surface area (Å²) in [5.74, 6) is -0.858. The quantitative estimate of drug-likeness (QED) is 0.531. The summed E-state index contributed by atoms with van der Waals surface area (Å²) in [6.07, 6.45) is -3.96. The number of thiazole rings is 1. The van der Waals surface area contributed by atoms with E-state index in [1.54, 1.807) is 25.3 Å². The molecule has 0 spiro atoms. The van der Waals surface area contributed by atoms with E-state index in [0.717, 1.165) is 17.1 Å². The van der Waals surface area contributed by atoms with Gasteiger partial charge < -0.3 is 14.8 Å². The van der Waals surface area contributed by atoms with Crippen molar-refractivity contribution < 1.29 is 32.2 Å². The standard InChI is InChI=1S/C23H20F3N3O4S/c1-32-9-8-21-28-17(13-34-21)14-6-7-19-18(10-14)29(22(31)12-33-19)11-20(30)27-16-5-3-2-4-15(16)23(24,25)26/h2-7,10,13H,8-9,11-12H2,1H3,(H,27,30). The van der Waals surface area contributed by atoms with Crippen LogP contribution in [0.3, 0.4) is 0 Å². The van der Waals surface area contributed by atoms with Gasteiger partial charge in [0.25, 0.3) is 5.91 Å². The van der Waals surface area contributed by atoms with Crippen LogP contribution in [0.5, 0.6) is 5.75 Å². The van der Waals surface area contributed by atoms with Gasteiger partial charge in [0, 0.05) is 24.5 Å². The largest absolute Gasteiger partial charge is 0.482 e. The number of anilines is 2. The molecule has 1 aliphatic heterocycles. The number of carbonyl (C=O) groups is 2. The molecule has 7 nitrogen and oxygen atoms in total. The minimum absolute atomic E-state index is 0.281. The number of hydrogen-bond acceptors (Lipinski definition) is 6. The molecule has 2 amide bonds. The van der Waals surface area contributed by atoms with Crippen molar-refractivity contribution in [3.05, 3.63) is 58.4 Å². The van der Waals surface area contributed by atoms with Crippen LogP contribution in [-0.4, -0.2) is 43.7 Å². The molecule has 4 rings (SSSR count). The van der Waals surface area contributed by atoms with Gasteiger partial charge in [-0.25, -0.2) is 4.98 Å². The van der Waals surface area contributed by atoms with Gasteiger partial charge in [-0.3, -0.25) is 14.5 Å². The summed E-state index contributed by atoms with van der Waals surface area (Å²) >= 11 is 1.48. The first-order chi connectivity index (χ1) is 16.3. The van der Waals surface area contributed by atoms with Gasteiger partial charge in [-0.05, 0) is 30.3 Å². The van der Waals surface area contributed by atoms with Crippen molar-refractivity contribution in [2.24, 2.45) is 0 Å². The molecular formula is C23H20F3N3O4S. The van der Waals surface area contributed by atoms with E-state index in [1.165, 1.54) is 28.4 Å². The molecule has 0 aliphatic carbocycles. The summed E-state index contributed by atoms with van der Waals surface area (Å²) in [7, 11) is 1.61. The van der Waals surface area contributed by atoms with Crippen LogP contribution in [0.15, 0.2) is 47.8 Å². The number of nitrogens with zero attached hydrogens (tertiary/aromatic N) is 2. The van der Waals surface area contributed by atoms with Crippen LogP contribution < -0.4 is 15.0 Å². The molecule has 0 bridgehead atoms. The lowest BCUT2D eigenvalue weighted by atomic mass is 10.1.